The Balaban J connectivity index is 1.72. The van der Waals surface area contributed by atoms with Gasteiger partial charge in [-0.15, -0.1) is 0 Å². The van der Waals surface area contributed by atoms with E-state index in [0.717, 1.165) is 23.8 Å². The maximum Gasteiger partial charge on any atom is 0.418 e. The Morgan fingerprint density at radius 2 is 1.89 bits per heavy atom. The summed E-state index contributed by atoms with van der Waals surface area (Å²) in [5.74, 6) is -1.43. The predicted molar refractivity (Wildman–Crippen MR) is 103 cm³/mol. The summed E-state index contributed by atoms with van der Waals surface area (Å²) >= 11 is 1.19. The number of rotatable bonds is 6. The van der Waals surface area contributed by atoms with E-state index in [1.54, 1.807) is 32.2 Å². The first-order valence-electron chi connectivity index (χ1n) is 8.20. The molecule has 0 atom stereocenters. The van der Waals surface area contributed by atoms with E-state index in [1.165, 1.54) is 11.3 Å². The molecule has 2 N–H and O–H groups in total. The standard InChI is InChI=1S/C19H17F2N3O3S/c1-11-22-17(18(28-11)23-16-8-13(20)7-14(21)9-16)27-19(25)24-15-5-3-4-12(6-15)10-26-2/h3-9,23H,10H2,1-2H3,(H,24,25). The van der Waals surface area contributed by atoms with Gasteiger partial charge in [-0.1, -0.05) is 23.5 Å². The highest BCUT2D eigenvalue weighted by atomic mass is 32.1. The van der Waals surface area contributed by atoms with Gasteiger partial charge in [-0.25, -0.2) is 18.6 Å². The van der Waals surface area contributed by atoms with Gasteiger partial charge in [-0.2, -0.15) is 0 Å². The van der Waals surface area contributed by atoms with Crippen molar-refractivity contribution < 1.29 is 23.0 Å². The van der Waals surface area contributed by atoms with Crippen LogP contribution < -0.4 is 15.4 Å². The highest BCUT2D eigenvalue weighted by Crippen LogP contribution is 2.34. The number of hydrogen-bond donors (Lipinski definition) is 2. The van der Waals surface area contributed by atoms with Crippen molar-refractivity contribution in [1.29, 1.82) is 0 Å². The van der Waals surface area contributed by atoms with Crippen molar-refractivity contribution in [2.75, 3.05) is 17.7 Å². The predicted octanol–water partition coefficient (Wildman–Crippen LogP) is 5.23. The van der Waals surface area contributed by atoms with Crippen LogP contribution in [-0.4, -0.2) is 18.2 Å². The number of carbonyl (C=O) groups is 1. The maximum absolute atomic E-state index is 13.4. The van der Waals surface area contributed by atoms with Gasteiger partial charge >= 0.3 is 6.09 Å². The fourth-order valence-corrected chi connectivity index (χ4v) is 3.22. The second kappa shape index (κ2) is 8.77. The number of amides is 1. The molecule has 28 heavy (non-hydrogen) atoms. The Labute approximate surface area is 164 Å². The minimum atomic E-state index is -0.742. The number of nitrogens with zero attached hydrogens (tertiary/aromatic N) is 1. The lowest BCUT2D eigenvalue weighted by Gasteiger charge is -2.09. The summed E-state index contributed by atoms with van der Waals surface area (Å²) in [5.41, 5.74) is 1.60. The van der Waals surface area contributed by atoms with Crippen molar-refractivity contribution in [3.8, 4) is 5.88 Å². The largest absolute Gasteiger partial charge is 0.418 e. The molecule has 1 amide bonds. The number of anilines is 3. The molecule has 146 valence electrons. The van der Waals surface area contributed by atoms with Crippen molar-refractivity contribution in [2.24, 2.45) is 0 Å². The maximum atomic E-state index is 13.4. The van der Waals surface area contributed by atoms with Crippen LogP contribution >= 0.6 is 11.3 Å². The Hall–Kier alpha value is -3.04. The molecule has 2 aromatic carbocycles. The third-order valence-corrected chi connectivity index (χ3v) is 4.36. The van der Waals surface area contributed by atoms with Crippen LogP contribution in [0, 0.1) is 18.6 Å². The monoisotopic (exact) mass is 405 g/mol. The van der Waals surface area contributed by atoms with Gasteiger partial charge in [0, 0.05) is 24.6 Å². The van der Waals surface area contributed by atoms with Crippen LogP contribution in [0.2, 0.25) is 0 Å². The molecule has 0 aliphatic carbocycles. The zero-order chi connectivity index (χ0) is 20.1. The first-order chi connectivity index (χ1) is 13.4. The molecule has 0 fully saturated rings. The Morgan fingerprint density at radius 3 is 2.61 bits per heavy atom. The van der Waals surface area contributed by atoms with Crippen LogP contribution in [0.25, 0.3) is 0 Å². The van der Waals surface area contributed by atoms with Gasteiger partial charge in [-0.3, -0.25) is 5.32 Å². The molecule has 0 saturated heterocycles. The molecule has 0 aliphatic heterocycles. The Bertz CT molecular complexity index is 974. The average Bonchev–Trinajstić information content (AvgIpc) is 2.93. The van der Waals surface area contributed by atoms with Crippen molar-refractivity contribution in [3.05, 3.63) is 64.7 Å². The van der Waals surface area contributed by atoms with Crippen LogP contribution in [-0.2, 0) is 11.3 Å². The number of ether oxygens (including phenoxy) is 2. The van der Waals surface area contributed by atoms with E-state index in [0.29, 0.717) is 22.3 Å². The number of aryl methyl sites for hydroxylation is 1. The number of benzene rings is 2. The zero-order valence-corrected chi connectivity index (χ0v) is 15.9. The van der Waals surface area contributed by atoms with E-state index in [-0.39, 0.29) is 11.6 Å². The summed E-state index contributed by atoms with van der Waals surface area (Å²) in [6.07, 6.45) is -0.742. The van der Waals surface area contributed by atoms with Gasteiger partial charge in [0.05, 0.1) is 11.6 Å². The second-order valence-electron chi connectivity index (χ2n) is 5.80. The summed E-state index contributed by atoms with van der Waals surface area (Å²) in [5, 5.41) is 6.40. The van der Waals surface area contributed by atoms with Crippen LogP contribution in [0.4, 0.5) is 30.0 Å². The SMILES string of the molecule is COCc1cccc(NC(=O)Oc2nc(C)sc2Nc2cc(F)cc(F)c2)c1. The molecule has 0 aliphatic rings. The molecule has 9 heteroatoms. The molecular formula is C19H17F2N3O3S. The first-order valence-corrected chi connectivity index (χ1v) is 9.02. The van der Waals surface area contributed by atoms with Crippen LogP contribution in [0.15, 0.2) is 42.5 Å². The van der Waals surface area contributed by atoms with Crippen molar-refractivity contribution >= 4 is 33.8 Å². The molecule has 0 bridgehead atoms. The molecule has 0 saturated carbocycles. The lowest BCUT2D eigenvalue weighted by Crippen LogP contribution is -2.17. The highest BCUT2D eigenvalue weighted by Gasteiger charge is 2.16. The normalized spacial score (nSPS) is 10.6. The van der Waals surface area contributed by atoms with Crippen LogP contribution in [0.5, 0.6) is 5.88 Å². The fourth-order valence-electron chi connectivity index (χ4n) is 2.45. The van der Waals surface area contributed by atoms with E-state index in [4.69, 9.17) is 9.47 Å². The minimum Gasteiger partial charge on any atom is -0.388 e. The van der Waals surface area contributed by atoms with Crippen molar-refractivity contribution in [2.45, 2.75) is 13.5 Å². The zero-order valence-electron chi connectivity index (χ0n) is 15.1. The molecule has 1 heterocycles. The molecule has 0 radical (unpaired) electrons. The van der Waals surface area contributed by atoms with E-state index in [9.17, 15) is 13.6 Å². The molecule has 6 nitrogen and oxygen atoms in total. The van der Waals surface area contributed by atoms with Gasteiger partial charge in [0.25, 0.3) is 5.88 Å². The number of aromatic nitrogens is 1. The summed E-state index contributed by atoms with van der Waals surface area (Å²) in [4.78, 5) is 16.4. The van der Waals surface area contributed by atoms with E-state index >= 15 is 0 Å². The highest BCUT2D eigenvalue weighted by molar-refractivity contribution is 7.16. The number of halogens is 2. The molecule has 3 rings (SSSR count). The number of carbonyl (C=O) groups excluding carboxylic acids is 1. The van der Waals surface area contributed by atoms with E-state index < -0.39 is 17.7 Å². The average molecular weight is 405 g/mol. The third kappa shape index (κ3) is 5.24. The summed E-state index contributed by atoms with van der Waals surface area (Å²) < 4.78 is 37.1. The van der Waals surface area contributed by atoms with Gasteiger partial charge in [-0.05, 0) is 36.8 Å². The molecule has 0 spiro atoms. The smallest absolute Gasteiger partial charge is 0.388 e. The molecule has 1 aromatic heterocycles. The van der Waals surface area contributed by atoms with Gasteiger partial charge < -0.3 is 14.8 Å². The lowest BCUT2D eigenvalue weighted by molar-refractivity contribution is 0.185. The fraction of sp³-hybridized carbons (Fsp3) is 0.158. The Morgan fingerprint density at radius 1 is 1.14 bits per heavy atom. The van der Waals surface area contributed by atoms with Gasteiger partial charge in [0.2, 0.25) is 0 Å². The van der Waals surface area contributed by atoms with Gasteiger partial charge in [0.1, 0.15) is 11.6 Å². The summed E-state index contributed by atoms with van der Waals surface area (Å²) in [6, 6.07) is 10.1. The summed E-state index contributed by atoms with van der Waals surface area (Å²) in [6.45, 7) is 2.13. The first kappa shape index (κ1) is 19.7. The quantitative estimate of drug-likeness (QED) is 0.587. The second-order valence-corrected chi connectivity index (χ2v) is 7.00. The van der Waals surface area contributed by atoms with Crippen molar-refractivity contribution in [1.82, 2.24) is 4.98 Å². The number of hydrogen-bond acceptors (Lipinski definition) is 6. The molecule has 3 aromatic rings. The summed E-state index contributed by atoms with van der Waals surface area (Å²) in [7, 11) is 1.58. The van der Waals surface area contributed by atoms with E-state index in [2.05, 4.69) is 15.6 Å². The lowest BCUT2D eigenvalue weighted by atomic mass is 10.2. The number of nitrogens with one attached hydrogen (secondary N) is 2. The molecular weight excluding hydrogens is 388 g/mol. The van der Waals surface area contributed by atoms with Gasteiger partial charge in [0.15, 0.2) is 5.00 Å². The van der Waals surface area contributed by atoms with Crippen molar-refractivity contribution in [3.63, 3.8) is 0 Å². The number of methoxy groups -OCH3 is 1. The minimum absolute atomic E-state index is 0.0118. The van der Waals surface area contributed by atoms with E-state index in [1.807, 2.05) is 6.07 Å². The Kier molecular flexibility index (Phi) is 6.17. The topological polar surface area (TPSA) is 72.5 Å². The third-order valence-electron chi connectivity index (χ3n) is 3.50. The molecule has 0 unspecified atom stereocenters. The number of thiazole rings is 1. The van der Waals surface area contributed by atoms with Crippen LogP contribution in [0.3, 0.4) is 0 Å². The van der Waals surface area contributed by atoms with Crippen LogP contribution in [0.1, 0.15) is 10.6 Å².